The molecule has 0 aliphatic heterocycles. The lowest BCUT2D eigenvalue weighted by atomic mass is 9.76. The van der Waals surface area contributed by atoms with Crippen molar-refractivity contribution in [3.05, 3.63) is 12.4 Å². The molecule has 1 aromatic rings. The van der Waals surface area contributed by atoms with E-state index in [1.807, 2.05) is 10.9 Å². The third-order valence-corrected chi connectivity index (χ3v) is 4.52. The highest BCUT2D eigenvalue weighted by Crippen LogP contribution is 2.37. The van der Waals surface area contributed by atoms with Gasteiger partial charge in [0.05, 0.1) is 11.9 Å². The second-order valence-corrected chi connectivity index (χ2v) is 7.00. The van der Waals surface area contributed by atoms with Gasteiger partial charge in [-0.1, -0.05) is 27.2 Å². The van der Waals surface area contributed by atoms with E-state index in [2.05, 4.69) is 44.3 Å². The van der Waals surface area contributed by atoms with Gasteiger partial charge in [0.25, 0.3) is 0 Å². The van der Waals surface area contributed by atoms with Crippen molar-refractivity contribution in [1.29, 1.82) is 0 Å². The fourth-order valence-corrected chi connectivity index (χ4v) is 3.16. The van der Waals surface area contributed by atoms with Crippen LogP contribution in [0.2, 0.25) is 0 Å². The van der Waals surface area contributed by atoms with Crippen LogP contribution in [0.5, 0.6) is 0 Å². The van der Waals surface area contributed by atoms with Gasteiger partial charge in [0.1, 0.15) is 0 Å². The molecule has 0 aromatic carbocycles. The van der Waals surface area contributed by atoms with Crippen molar-refractivity contribution in [2.24, 2.45) is 11.3 Å². The third kappa shape index (κ3) is 3.99. The summed E-state index contributed by atoms with van der Waals surface area (Å²) in [6.45, 7) is 10.2. The summed E-state index contributed by atoms with van der Waals surface area (Å²) < 4.78 is 1.98. The van der Waals surface area contributed by atoms with Crippen LogP contribution in [-0.4, -0.2) is 15.8 Å². The van der Waals surface area contributed by atoms with Gasteiger partial charge in [-0.05, 0) is 43.9 Å². The maximum atomic E-state index is 4.33. The van der Waals surface area contributed by atoms with Crippen LogP contribution in [0.3, 0.4) is 0 Å². The van der Waals surface area contributed by atoms with Crippen LogP contribution in [0.4, 0.5) is 5.69 Å². The van der Waals surface area contributed by atoms with Crippen LogP contribution in [0.1, 0.15) is 59.8 Å². The van der Waals surface area contributed by atoms with E-state index in [0.29, 0.717) is 11.5 Å². The Morgan fingerprint density at radius 3 is 2.68 bits per heavy atom. The minimum atomic E-state index is 0.460. The van der Waals surface area contributed by atoms with Crippen LogP contribution >= 0.6 is 0 Å². The molecule has 0 spiro atoms. The van der Waals surface area contributed by atoms with E-state index >= 15 is 0 Å². The van der Waals surface area contributed by atoms with Crippen molar-refractivity contribution < 1.29 is 0 Å². The minimum absolute atomic E-state index is 0.460. The first kappa shape index (κ1) is 14.4. The van der Waals surface area contributed by atoms with Crippen LogP contribution in [0.25, 0.3) is 0 Å². The zero-order valence-electron chi connectivity index (χ0n) is 12.9. The van der Waals surface area contributed by atoms with E-state index < -0.39 is 0 Å². The number of aryl methyl sites for hydroxylation is 1. The second kappa shape index (κ2) is 5.98. The van der Waals surface area contributed by atoms with Gasteiger partial charge >= 0.3 is 0 Å². The molecule has 1 heterocycles. The number of hydrogen-bond donors (Lipinski definition) is 1. The monoisotopic (exact) mass is 263 g/mol. The standard InChI is InChI=1S/C16H29N3/c1-5-19-12-15(11-17-19)18-14-8-6-7-13(9-10-14)16(2,3)4/h11-14,18H,5-10H2,1-4H3. The predicted molar refractivity (Wildman–Crippen MR) is 81.3 cm³/mol. The van der Waals surface area contributed by atoms with Crippen molar-refractivity contribution in [3.8, 4) is 0 Å². The largest absolute Gasteiger partial charge is 0.380 e. The molecule has 2 rings (SSSR count). The van der Waals surface area contributed by atoms with Gasteiger partial charge in [-0.15, -0.1) is 0 Å². The molecule has 1 aromatic heterocycles. The van der Waals surface area contributed by atoms with E-state index in [1.165, 1.54) is 37.8 Å². The molecule has 19 heavy (non-hydrogen) atoms. The summed E-state index contributed by atoms with van der Waals surface area (Å²) in [6, 6.07) is 0.627. The van der Waals surface area contributed by atoms with Gasteiger partial charge < -0.3 is 5.32 Å². The molecule has 0 saturated heterocycles. The Kier molecular flexibility index (Phi) is 4.54. The summed E-state index contributed by atoms with van der Waals surface area (Å²) in [5, 5.41) is 8.00. The molecule has 3 nitrogen and oxygen atoms in total. The normalized spacial score (nSPS) is 25.1. The Bertz CT molecular complexity index is 389. The van der Waals surface area contributed by atoms with Crippen molar-refractivity contribution in [1.82, 2.24) is 9.78 Å². The fraction of sp³-hybridized carbons (Fsp3) is 0.812. The summed E-state index contributed by atoms with van der Waals surface area (Å²) in [5.41, 5.74) is 1.64. The Balaban J connectivity index is 1.89. The highest BCUT2D eigenvalue weighted by Gasteiger charge is 2.27. The maximum absolute atomic E-state index is 4.33. The molecule has 1 fully saturated rings. The summed E-state index contributed by atoms with van der Waals surface area (Å²) in [6.07, 6.45) is 10.7. The quantitative estimate of drug-likeness (QED) is 0.824. The van der Waals surface area contributed by atoms with Gasteiger partial charge in [0, 0.05) is 18.8 Å². The van der Waals surface area contributed by atoms with Gasteiger partial charge in [0.15, 0.2) is 0 Å². The zero-order chi connectivity index (χ0) is 13.9. The first-order chi connectivity index (χ1) is 8.99. The van der Waals surface area contributed by atoms with E-state index in [0.717, 1.165) is 12.5 Å². The Hall–Kier alpha value is -0.990. The lowest BCUT2D eigenvalue weighted by Crippen LogP contribution is -2.21. The molecular formula is C16H29N3. The van der Waals surface area contributed by atoms with E-state index in [9.17, 15) is 0 Å². The summed E-state index contributed by atoms with van der Waals surface area (Å²) in [5.74, 6) is 0.873. The van der Waals surface area contributed by atoms with Crippen LogP contribution < -0.4 is 5.32 Å². The number of nitrogens with one attached hydrogen (secondary N) is 1. The van der Waals surface area contributed by atoms with Crippen molar-refractivity contribution in [2.45, 2.75) is 72.4 Å². The first-order valence-electron chi connectivity index (χ1n) is 7.78. The van der Waals surface area contributed by atoms with Gasteiger partial charge in [-0.25, -0.2) is 0 Å². The molecule has 1 saturated carbocycles. The molecule has 0 radical (unpaired) electrons. The van der Waals surface area contributed by atoms with E-state index in [-0.39, 0.29) is 0 Å². The molecular weight excluding hydrogens is 234 g/mol. The number of aromatic nitrogens is 2. The molecule has 1 aliphatic carbocycles. The lowest BCUT2D eigenvalue weighted by Gasteiger charge is -2.29. The average Bonchev–Trinajstić information content (AvgIpc) is 2.65. The fourth-order valence-electron chi connectivity index (χ4n) is 3.16. The van der Waals surface area contributed by atoms with Gasteiger partial charge in [0.2, 0.25) is 0 Å². The van der Waals surface area contributed by atoms with Crippen LogP contribution in [0.15, 0.2) is 12.4 Å². The highest BCUT2D eigenvalue weighted by molar-refractivity contribution is 5.39. The molecule has 108 valence electrons. The van der Waals surface area contributed by atoms with Gasteiger partial charge in [-0.2, -0.15) is 5.10 Å². The third-order valence-electron chi connectivity index (χ3n) is 4.52. The van der Waals surface area contributed by atoms with Crippen molar-refractivity contribution in [3.63, 3.8) is 0 Å². The number of anilines is 1. The molecule has 2 unspecified atom stereocenters. The van der Waals surface area contributed by atoms with Gasteiger partial charge in [-0.3, -0.25) is 4.68 Å². The van der Waals surface area contributed by atoms with Crippen LogP contribution in [0, 0.1) is 11.3 Å². The average molecular weight is 263 g/mol. The lowest BCUT2D eigenvalue weighted by molar-refractivity contribution is 0.214. The molecule has 2 atom stereocenters. The Morgan fingerprint density at radius 2 is 2.05 bits per heavy atom. The maximum Gasteiger partial charge on any atom is 0.0728 e. The first-order valence-corrected chi connectivity index (χ1v) is 7.78. The summed E-state index contributed by atoms with van der Waals surface area (Å²) in [4.78, 5) is 0. The molecule has 3 heteroatoms. The van der Waals surface area contributed by atoms with E-state index in [1.54, 1.807) is 0 Å². The topological polar surface area (TPSA) is 29.9 Å². The summed E-state index contributed by atoms with van der Waals surface area (Å²) in [7, 11) is 0. The number of hydrogen-bond acceptors (Lipinski definition) is 2. The summed E-state index contributed by atoms with van der Waals surface area (Å²) >= 11 is 0. The smallest absolute Gasteiger partial charge is 0.0728 e. The number of rotatable bonds is 3. The second-order valence-electron chi connectivity index (χ2n) is 7.00. The molecule has 1 N–H and O–H groups in total. The Labute approximate surface area is 117 Å². The zero-order valence-corrected chi connectivity index (χ0v) is 12.9. The Morgan fingerprint density at radius 1 is 1.26 bits per heavy atom. The predicted octanol–water partition coefficient (Wildman–Crippen LogP) is 4.31. The minimum Gasteiger partial charge on any atom is -0.380 e. The van der Waals surface area contributed by atoms with Crippen molar-refractivity contribution in [2.75, 3.05) is 5.32 Å². The number of nitrogens with zero attached hydrogens (tertiary/aromatic N) is 2. The molecule has 0 bridgehead atoms. The SMILES string of the molecule is CCn1cc(NC2CCCC(C(C)(C)C)CC2)cn1. The highest BCUT2D eigenvalue weighted by atomic mass is 15.3. The van der Waals surface area contributed by atoms with Crippen molar-refractivity contribution >= 4 is 5.69 Å². The van der Waals surface area contributed by atoms with Crippen LogP contribution in [-0.2, 0) is 6.54 Å². The van der Waals surface area contributed by atoms with E-state index in [4.69, 9.17) is 0 Å². The molecule has 0 amide bonds. The molecule has 1 aliphatic rings.